The van der Waals surface area contributed by atoms with Crippen LogP contribution < -0.4 is 5.32 Å². The molecule has 0 saturated carbocycles. The summed E-state index contributed by atoms with van der Waals surface area (Å²) in [6.07, 6.45) is 3.61. The zero-order chi connectivity index (χ0) is 14.5. The molecule has 1 aromatic carbocycles. The number of likely N-dealkylation sites (tertiary alicyclic amines) is 1. The van der Waals surface area contributed by atoms with Gasteiger partial charge in [-0.1, -0.05) is 38.5 Å². The van der Waals surface area contributed by atoms with Crippen LogP contribution in [0, 0.1) is 11.7 Å². The Kier molecular flexibility index (Phi) is 5.55. The van der Waals surface area contributed by atoms with Crippen LogP contribution in [-0.4, -0.2) is 31.1 Å². The largest absolute Gasteiger partial charge is 0.314 e. The van der Waals surface area contributed by atoms with Crippen LogP contribution >= 0.6 is 0 Å². The van der Waals surface area contributed by atoms with Crippen LogP contribution in [0.25, 0.3) is 0 Å². The zero-order valence-corrected chi connectivity index (χ0v) is 12.9. The van der Waals surface area contributed by atoms with Gasteiger partial charge in [-0.3, -0.25) is 4.90 Å². The molecule has 1 aromatic rings. The fraction of sp³-hybridized carbons (Fsp3) is 0.647. The highest BCUT2D eigenvalue weighted by molar-refractivity contribution is 5.22. The van der Waals surface area contributed by atoms with E-state index >= 15 is 0 Å². The number of halogens is 1. The van der Waals surface area contributed by atoms with Crippen molar-refractivity contribution in [3.8, 4) is 0 Å². The molecule has 1 fully saturated rings. The molecule has 0 amide bonds. The molecule has 2 unspecified atom stereocenters. The number of rotatable bonds is 4. The van der Waals surface area contributed by atoms with E-state index in [0.29, 0.717) is 12.0 Å². The van der Waals surface area contributed by atoms with E-state index in [-0.39, 0.29) is 11.9 Å². The van der Waals surface area contributed by atoms with Gasteiger partial charge in [-0.15, -0.1) is 0 Å². The Morgan fingerprint density at radius 3 is 2.75 bits per heavy atom. The fourth-order valence-corrected chi connectivity index (χ4v) is 3.23. The van der Waals surface area contributed by atoms with Gasteiger partial charge in [0.15, 0.2) is 0 Å². The molecule has 0 aromatic heterocycles. The van der Waals surface area contributed by atoms with Crippen molar-refractivity contribution in [3.63, 3.8) is 0 Å². The number of benzene rings is 1. The summed E-state index contributed by atoms with van der Waals surface area (Å²) >= 11 is 0. The van der Waals surface area contributed by atoms with Gasteiger partial charge in [-0.05, 0) is 38.4 Å². The van der Waals surface area contributed by atoms with Gasteiger partial charge in [0.25, 0.3) is 0 Å². The summed E-state index contributed by atoms with van der Waals surface area (Å²) in [4.78, 5) is 2.33. The van der Waals surface area contributed by atoms with Crippen molar-refractivity contribution < 1.29 is 4.39 Å². The summed E-state index contributed by atoms with van der Waals surface area (Å²) in [6.45, 7) is 6.34. The van der Waals surface area contributed by atoms with Crippen molar-refractivity contribution in [2.45, 2.75) is 45.2 Å². The van der Waals surface area contributed by atoms with Crippen LogP contribution in [0.2, 0.25) is 0 Å². The molecule has 1 aliphatic heterocycles. The van der Waals surface area contributed by atoms with E-state index in [0.717, 1.165) is 18.7 Å². The van der Waals surface area contributed by atoms with E-state index in [1.165, 1.54) is 19.3 Å². The third-order valence-corrected chi connectivity index (χ3v) is 4.27. The minimum Gasteiger partial charge on any atom is -0.314 e. The smallest absolute Gasteiger partial charge is 0.127 e. The SMILES string of the molecule is CC(C)NCC1CCCCN(C)C1c1ccccc1F. The first-order chi connectivity index (χ1) is 9.59. The average Bonchev–Trinajstić information content (AvgIpc) is 2.59. The minimum atomic E-state index is -0.0687. The third kappa shape index (κ3) is 3.80. The highest BCUT2D eigenvalue weighted by Crippen LogP contribution is 2.35. The van der Waals surface area contributed by atoms with Gasteiger partial charge in [-0.2, -0.15) is 0 Å². The second-order valence-electron chi connectivity index (χ2n) is 6.27. The van der Waals surface area contributed by atoms with Crippen LogP contribution in [0.3, 0.4) is 0 Å². The molecular weight excluding hydrogens is 251 g/mol. The van der Waals surface area contributed by atoms with Gasteiger partial charge in [0.1, 0.15) is 5.82 Å². The Morgan fingerprint density at radius 1 is 1.30 bits per heavy atom. The maximum Gasteiger partial charge on any atom is 0.127 e. The highest BCUT2D eigenvalue weighted by Gasteiger charge is 2.30. The van der Waals surface area contributed by atoms with Crippen molar-refractivity contribution in [1.29, 1.82) is 0 Å². The second-order valence-corrected chi connectivity index (χ2v) is 6.27. The van der Waals surface area contributed by atoms with E-state index in [9.17, 15) is 4.39 Å². The molecule has 1 heterocycles. The molecule has 112 valence electrons. The van der Waals surface area contributed by atoms with E-state index in [2.05, 4.69) is 31.1 Å². The summed E-state index contributed by atoms with van der Waals surface area (Å²) in [5.41, 5.74) is 0.854. The van der Waals surface area contributed by atoms with E-state index in [1.807, 2.05) is 12.1 Å². The lowest BCUT2D eigenvalue weighted by atomic mass is 9.89. The zero-order valence-electron chi connectivity index (χ0n) is 12.9. The van der Waals surface area contributed by atoms with Gasteiger partial charge in [0, 0.05) is 24.2 Å². The summed E-state index contributed by atoms with van der Waals surface area (Å²) in [5, 5.41) is 3.53. The topological polar surface area (TPSA) is 15.3 Å². The fourth-order valence-electron chi connectivity index (χ4n) is 3.23. The van der Waals surface area contributed by atoms with Crippen molar-refractivity contribution in [2.75, 3.05) is 20.1 Å². The van der Waals surface area contributed by atoms with Gasteiger partial charge in [0.05, 0.1) is 0 Å². The van der Waals surface area contributed by atoms with Crippen molar-refractivity contribution >= 4 is 0 Å². The number of hydrogen-bond acceptors (Lipinski definition) is 2. The maximum absolute atomic E-state index is 14.2. The van der Waals surface area contributed by atoms with Crippen molar-refractivity contribution in [3.05, 3.63) is 35.6 Å². The molecule has 2 atom stereocenters. The first kappa shape index (κ1) is 15.5. The molecule has 0 radical (unpaired) electrons. The lowest BCUT2D eigenvalue weighted by Gasteiger charge is -2.33. The van der Waals surface area contributed by atoms with Crippen LogP contribution in [0.5, 0.6) is 0 Å². The van der Waals surface area contributed by atoms with Crippen LogP contribution in [0.4, 0.5) is 4.39 Å². The standard InChI is InChI=1S/C17H27FN2/c1-13(2)19-12-14-8-6-7-11-20(3)17(14)15-9-4-5-10-16(15)18/h4-5,9-10,13-14,17,19H,6-8,11-12H2,1-3H3. The lowest BCUT2D eigenvalue weighted by Crippen LogP contribution is -2.37. The van der Waals surface area contributed by atoms with Crippen LogP contribution in [0.1, 0.15) is 44.7 Å². The van der Waals surface area contributed by atoms with Gasteiger partial charge in [-0.25, -0.2) is 4.39 Å². The molecule has 0 bridgehead atoms. The van der Waals surface area contributed by atoms with Gasteiger partial charge >= 0.3 is 0 Å². The normalized spacial score (nSPS) is 24.9. The maximum atomic E-state index is 14.2. The number of nitrogens with zero attached hydrogens (tertiary/aromatic N) is 1. The Hall–Kier alpha value is -0.930. The van der Waals surface area contributed by atoms with Crippen molar-refractivity contribution in [1.82, 2.24) is 10.2 Å². The summed E-state index contributed by atoms with van der Waals surface area (Å²) < 4.78 is 14.2. The quantitative estimate of drug-likeness (QED) is 0.905. The average molecular weight is 278 g/mol. The highest BCUT2D eigenvalue weighted by atomic mass is 19.1. The molecule has 0 aliphatic carbocycles. The molecule has 3 heteroatoms. The van der Waals surface area contributed by atoms with E-state index in [1.54, 1.807) is 12.1 Å². The Bertz CT molecular complexity index is 419. The second kappa shape index (κ2) is 7.19. The third-order valence-electron chi connectivity index (χ3n) is 4.27. The molecule has 20 heavy (non-hydrogen) atoms. The van der Waals surface area contributed by atoms with Crippen LogP contribution in [0.15, 0.2) is 24.3 Å². The first-order valence-electron chi connectivity index (χ1n) is 7.77. The molecule has 1 aliphatic rings. The number of hydrogen-bond donors (Lipinski definition) is 1. The van der Waals surface area contributed by atoms with E-state index in [4.69, 9.17) is 0 Å². The predicted molar refractivity (Wildman–Crippen MR) is 82.3 cm³/mol. The van der Waals surface area contributed by atoms with Gasteiger partial charge < -0.3 is 5.32 Å². The summed E-state index contributed by atoms with van der Waals surface area (Å²) in [7, 11) is 2.13. The molecule has 0 spiro atoms. The summed E-state index contributed by atoms with van der Waals surface area (Å²) in [5.74, 6) is 0.405. The monoisotopic (exact) mass is 278 g/mol. The van der Waals surface area contributed by atoms with E-state index < -0.39 is 0 Å². The molecule has 2 rings (SSSR count). The summed E-state index contributed by atoms with van der Waals surface area (Å²) in [6, 6.07) is 7.92. The van der Waals surface area contributed by atoms with Crippen molar-refractivity contribution in [2.24, 2.45) is 5.92 Å². The van der Waals surface area contributed by atoms with Gasteiger partial charge in [0.2, 0.25) is 0 Å². The molecule has 2 nitrogen and oxygen atoms in total. The number of nitrogens with one attached hydrogen (secondary N) is 1. The minimum absolute atomic E-state index is 0.0687. The molecular formula is C17H27FN2. The lowest BCUT2D eigenvalue weighted by molar-refractivity contribution is 0.182. The Balaban J connectivity index is 2.24. The Labute approximate surface area is 122 Å². The molecule has 1 saturated heterocycles. The van der Waals surface area contributed by atoms with Crippen LogP contribution in [-0.2, 0) is 0 Å². The predicted octanol–water partition coefficient (Wildman–Crippen LogP) is 3.60. The first-order valence-corrected chi connectivity index (χ1v) is 7.77. The molecule has 1 N–H and O–H groups in total. The Morgan fingerprint density at radius 2 is 2.05 bits per heavy atom.